The summed E-state index contributed by atoms with van der Waals surface area (Å²) in [5.41, 5.74) is 3.56. The van der Waals surface area contributed by atoms with Crippen LogP contribution in [0.4, 0.5) is 0 Å². The van der Waals surface area contributed by atoms with Gasteiger partial charge in [-0.1, -0.05) is 22.8 Å². The van der Waals surface area contributed by atoms with Gasteiger partial charge in [-0.15, -0.1) is 10.2 Å². The van der Waals surface area contributed by atoms with E-state index in [1.165, 1.54) is 11.3 Å². The Hall–Kier alpha value is -2.93. The molecule has 0 radical (unpaired) electrons. The molecule has 6 rings (SSSR count). The predicted molar refractivity (Wildman–Crippen MR) is 116 cm³/mol. The topological polar surface area (TPSA) is 72.9 Å². The number of hydrogen-bond acceptors (Lipinski definition) is 6. The van der Waals surface area contributed by atoms with Gasteiger partial charge in [0.2, 0.25) is 5.89 Å². The minimum atomic E-state index is 0.360. The van der Waals surface area contributed by atoms with Crippen LogP contribution in [0.25, 0.3) is 5.69 Å². The predicted octanol–water partition coefficient (Wildman–Crippen LogP) is 4.82. The largest absolute Gasteiger partial charge is 0.360 e. The molecule has 1 aliphatic heterocycles. The number of allylic oxidation sites excluding steroid dienone is 3. The van der Waals surface area contributed by atoms with Crippen molar-refractivity contribution in [2.75, 3.05) is 0 Å². The van der Waals surface area contributed by atoms with Crippen molar-refractivity contribution in [2.24, 2.45) is 0 Å². The molecule has 0 amide bonds. The molecule has 0 bridgehead atoms. The van der Waals surface area contributed by atoms with Gasteiger partial charge in [-0.2, -0.15) is 4.98 Å². The molecular formula is C23H23ClN6O. The number of aryl methyl sites for hydroxylation is 1. The first-order valence-electron chi connectivity index (χ1n) is 10.8. The molecule has 0 unspecified atom stereocenters. The first-order chi connectivity index (χ1) is 15.2. The molecule has 31 heavy (non-hydrogen) atoms. The van der Waals surface area contributed by atoms with Crippen molar-refractivity contribution < 1.29 is 4.52 Å². The van der Waals surface area contributed by atoms with Crippen LogP contribution in [-0.4, -0.2) is 29.8 Å². The molecule has 1 saturated carbocycles. The zero-order valence-corrected chi connectivity index (χ0v) is 18.1. The molecule has 1 fully saturated rings. The Kier molecular flexibility index (Phi) is 4.45. The van der Waals surface area contributed by atoms with Crippen LogP contribution in [0.15, 0.2) is 46.6 Å². The Morgan fingerprint density at radius 3 is 2.58 bits per heavy atom. The van der Waals surface area contributed by atoms with Crippen molar-refractivity contribution in [3.8, 4) is 5.69 Å². The normalized spacial score (nSPS) is 22.4. The summed E-state index contributed by atoms with van der Waals surface area (Å²) in [6, 6.07) is 6.14. The molecule has 158 valence electrons. The maximum absolute atomic E-state index is 6.36. The highest BCUT2D eigenvalue weighted by Gasteiger charge is 2.32. The van der Waals surface area contributed by atoms with Gasteiger partial charge in [0.05, 0.1) is 12.2 Å². The fourth-order valence-electron chi connectivity index (χ4n) is 4.96. The van der Waals surface area contributed by atoms with E-state index in [0.29, 0.717) is 17.7 Å². The molecule has 0 spiro atoms. The molecule has 0 N–H and O–H groups in total. The van der Waals surface area contributed by atoms with Crippen LogP contribution in [0.5, 0.6) is 0 Å². The maximum atomic E-state index is 6.36. The second-order valence-electron chi connectivity index (χ2n) is 8.61. The summed E-state index contributed by atoms with van der Waals surface area (Å²) in [6.07, 6.45) is 10.5. The van der Waals surface area contributed by atoms with Gasteiger partial charge in [-0.05, 0) is 61.6 Å². The van der Waals surface area contributed by atoms with E-state index in [1.807, 2.05) is 13.0 Å². The highest BCUT2D eigenvalue weighted by Crippen LogP contribution is 2.41. The van der Waals surface area contributed by atoms with Crippen LogP contribution >= 0.6 is 11.6 Å². The minimum Gasteiger partial charge on any atom is -0.360 e. The van der Waals surface area contributed by atoms with Crippen LogP contribution in [0.1, 0.15) is 66.4 Å². The van der Waals surface area contributed by atoms with Crippen LogP contribution in [0.3, 0.4) is 0 Å². The molecule has 3 aliphatic rings. The van der Waals surface area contributed by atoms with E-state index < -0.39 is 0 Å². The lowest BCUT2D eigenvalue weighted by atomic mass is 9.81. The van der Waals surface area contributed by atoms with E-state index in [1.54, 1.807) is 0 Å². The summed E-state index contributed by atoms with van der Waals surface area (Å²) in [7, 11) is 0. The lowest BCUT2D eigenvalue weighted by molar-refractivity contribution is 0.332. The van der Waals surface area contributed by atoms with Crippen LogP contribution in [-0.2, 0) is 13.1 Å². The molecule has 1 aromatic carbocycles. The fourth-order valence-corrected chi connectivity index (χ4v) is 5.15. The zero-order chi connectivity index (χ0) is 20.9. The van der Waals surface area contributed by atoms with E-state index in [-0.39, 0.29) is 0 Å². The van der Waals surface area contributed by atoms with Gasteiger partial charge >= 0.3 is 0 Å². The number of aromatic nitrogens is 5. The molecule has 0 saturated heterocycles. The molecule has 8 heteroatoms. The first-order valence-corrected chi connectivity index (χ1v) is 11.2. The Morgan fingerprint density at radius 2 is 1.87 bits per heavy atom. The van der Waals surface area contributed by atoms with Gasteiger partial charge in [0.15, 0.2) is 11.6 Å². The molecule has 2 aromatic heterocycles. The Balaban J connectivity index is 1.33. The standard InChI is InChI=1S/C23H23ClN6O/c1-14-25-22(28-31-14)15-5-7-16(8-6-15)23-27-26-21-13-29(19-3-2-4-19)12-17-11-18(24)9-10-20(17)30(21)23/h2-4,9-11,15-16H,5-8,12-13H2,1H3. The summed E-state index contributed by atoms with van der Waals surface area (Å²) in [6.45, 7) is 3.38. The first kappa shape index (κ1) is 18.8. The van der Waals surface area contributed by atoms with E-state index in [9.17, 15) is 0 Å². The summed E-state index contributed by atoms with van der Waals surface area (Å²) >= 11 is 6.36. The van der Waals surface area contributed by atoms with E-state index in [0.717, 1.165) is 67.0 Å². The summed E-state index contributed by atoms with van der Waals surface area (Å²) in [5, 5.41) is 14.2. The van der Waals surface area contributed by atoms with Gasteiger partial charge in [-0.25, -0.2) is 0 Å². The smallest absolute Gasteiger partial charge is 0.223 e. The average Bonchev–Trinajstić information content (AvgIpc) is 3.30. The molecular weight excluding hydrogens is 412 g/mol. The lowest BCUT2D eigenvalue weighted by Gasteiger charge is -2.26. The van der Waals surface area contributed by atoms with E-state index in [4.69, 9.17) is 21.2 Å². The molecule has 7 nitrogen and oxygen atoms in total. The summed E-state index contributed by atoms with van der Waals surface area (Å²) in [4.78, 5) is 6.78. The van der Waals surface area contributed by atoms with Crippen molar-refractivity contribution in [1.82, 2.24) is 29.8 Å². The van der Waals surface area contributed by atoms with Gasteiger partial charge in [-0.3, -0.25) is 4.57 Å². The van der Waals surface area contributed by atoms with Gasteiger partial charge in [0.1, 0.15) is 5.82 Å². The lowest BCUT2D eigenvalue weighted by Crippen LogP contribution is -2.22. The molecule has 2 aliphatic carbocycles. The van der Waals surface area contributed by atoms with Crippen molar-refractivity contribution in [1.29, 1.82) is 0 Å². The highest BCUT2D eigenvalue weighted by atomic mass is 35.5. The third-order valence-electron chi connectivity index (χ3n) is 6.63. The van der Waals surface area contributed by atoms with Gasteiger partial charge < -0.3 is 9.42 Å². The molecule has 3 aromatic rings. The summed E-state index contributed by atoms with van der Waals surface area (Å²) in [5.74, 6) is 4.24. The highest BCUT2D eigenvalue weighted by molar-refractivity contribution is 6.30. The fraction of sp³-hybridized carbons (Fsp3) is 0.391. The number of benzene rings is 1. The second-order valence-corrected chi connectivity index (χ2v) is 9.05. The molecule has 3 heterocycles. The minimum absolute atomic E-state index is 0.360. The number of rotatable bonds is 3. The van der Waals surface area contributed by atoms with Crippen molar-refractivity contribution in [3.05, 3.63) is 76.1 Å². The van der Waals surface area contributed by atoms with Crippen LogP contribution < -0.4 is 0 Å². The Morgan fingerprint density at radius 1 is 1.06 bits per heavy atom. The van der Waals surface area contributed by atoms with E-state index >= 15 is 0 Å². The van der Waals surface area contributed by atoms with E-state index in [2.05, 4.69) is 55.1 Å². The van der Waals surface area contributed by atoms with Gasteiger partial charge in [0, 0.05) is 36.0 Å². The zero-order valence-electron chi connectivity index (χ0n) is 17.3. The number of hydrogen-bond donors (Lipinski definition) is 0. The Labute approximate surface area is 185 Å². The monoisotopic (exact) mass is 434 g/mol. The third-order valence-corrected chi connectivity index (χ3v) is 6.87. The number of halogens is 1. The van der Waals surface area contributed by atoms with Gasteiger partial charge in [0.25, 0.3) is 0 Å². The van der Waals surface area contributed by atoms with Crippen LogP contribution in [0, 0.1) is 6.92 Å². The number of fused-ring (bicyclic) bond motifs is 3. The van der Waals surface area contributed by atoms with Crippen molar-refractivity contribution in [3.63, 3.8) is 0 Å². The number of nitrogens with zero attached hydrogens (tertiary/aromatic N) is 6. The quantitative estimate of drug-likeness (QED) is 0.588. The SMILES string of the molecule is Cc1nc(C2CCC(c3nnc4n3-c3ccc(Cl)cc3CN(C3=CC=C3)C4)CC2)no1. The Bertz CT molecular complexity index is 1200. The van der Waals surface area contributed by atoms with Crippen molar-refractivity contribution >= 4 is 11.6 Å². The average molecular weight is 435 g/mol. The third kappa shape index (κ3) is 3.28. The van der Waals surface area contributed by atoms with Crippen molar-refractivity contribution in [2.45, 2.75) is 57.5 Å². The second kappa shape index (κ2) is 7.34. The van der Waals surface area contributed by atoms with Crippen LogP contribution in [0.2, 0.25) is 5.02 Å². The molecule has 0 atom stereocenters. The summed E-state index contributed by atoms with van der Waals surface area (Å²) < 4.78 is 7.46. The maximum Gasteiger partial charge on any atom is 0.223 e.